The molecule has 162 valence electrons. The standard InChI is InChI=1S/C25H25N5OS/c1-3-29(22-12-6-9-18-8-4-5-11-21(18)22)24(31)17(2)32-25-28-27-23(30(25)20-13-14-20)19-10-7-15-26-16-19/h4-12,15-17,20H,3,13-14H2,1-2H3/t17-/m0/s1. The zero-order valence-corrected chi connectivity index (χ0v) is 19.0. The summed E-state index contributed by atoms with van der Waals surface area (Å²) in [6.07, 6.45) is 5.78. The quantitative estimate of drug-likeness (QED) is 0.360. The van der Waals surface area contributed by atoms with Crippen molar-refractivity contribution >= 4 is 34.1 Å². The van der Waals surface area contributed by atoms with E-state index in [9.17, 15) is 4.79 Å². The minimum Gasteiger partial charge on any atom is -0.311 e. The van der Waals surface area contributed by atoms with Crippen LogP contribution in [0.15, 0.2) is 72.1 Å². The van der Waals surface area contributed by atoms with Crippen LogP contribution in [0.1, 0.15) is 32.7 Å². The number of carbonyl (C=O) groups is 1. The maximum atomic E-state index is 13.5. The Hall–Kier alpha value is -3.19. The minimum absolute atomic E-state index is 0.0714. The number of hydrogen-bond acceptors (Lipinski definition) is 5. The molecule has 0 saturated heterocycles. The summed E-state index contributed by atoms with van der Waals surface area (Å²) in [4.78, 5) is 19.6. The van der Waals surface area contributed by atoms with Crippen LogP contribution in [-0.2, 0) is 4.79 Å². The lowest BCUT2D eigenvalue weighted by Gasteiger charge is -2.25. The average molecular weight is 444 g/mol. The molecule has 1 aliphatic rings. The van der Waals surface area contributed by atoms with Crippen LogP contribution in [0, 0.1) is 0 Å². The molecule has 0 unspecified atom stereocenters. The molecule has 0 N–H and O–H groups in total. The van der Waals surface area contributed by atoms with E-state index >= 15 is 0 Å². The van der Waals surface area contributed by atoms with Gasteiger partial charge in [-0.05, 0) is 50.3 Å². The molecular formula is C25H25N5OS. The number of amides is 1. The number of benzene rings is 2. The van der Waals surface area contributed by atoms with E-state index in [2.05, 4.69) is 37.9 Å². The summed E-state index contributed by atoms with van der Waals surface area (Å²) in [7, 11) is 0. The van der Waals surface area contributed by atoms with Gasteiger partial charge >= 0.3 is 0 Å². The summed E-state index contributed by atoms with van der Waals surface area (Å²) in [5.41, 5.74) is 1.89. The second-order valence-electron chi connectivity index (χ2n) is 7.99. The van der Waals surface area contributed by atoms with E-state index < -0.39 is 0 Å². The van der Waals surface area contributed by atoms with E-state index in [4.69, 9.17) is 0 Å². The number of hydrogen-bond donors (Lipinski definition) is 0. The van der Waals surface area contributed by atoms with Crippen molar-refractivity contribution in [1.29, 1.82) is 0 Å². The second kappa shape index (κ2) is 8.74. The lowest BCUT2D eigenvalue weighted by Crippen LogP contribution is -2.36. The summed E-state index contributed by atoms with van der Waals surface area (Å²) in [6.45, 7) is 4.58. The third-order valence-electron chi connectivity index (χ3n) is 5.77. The normalized spacial score (nSPS) is 14.4. The topological polar surface area (TPSA) is 63.9 Å². The highest BCUT2D eigenvalue weighted by atomic mass is 32.2. The van der Waals surface area contributed by atoms with Gasteiger partial charge in [0, 0.05) is 35.9 Å². The molecule has 5 rings (SSSR count). The third kappa shape index (κ3) is 3.88. The number of aromatic nitrogens is 4. The predicted molar refractivity (Wildman–Crippen MR) is 129 cm³/mol. The van der Waals surface area contributed by atoms with Gasteiger partial charge in [-0.1, -0.05) is 48.2 Å². The molecule has 4 aromatic rings. The molecule has 0 spiro atoms. The van der Waals surface area contributed by atoms with Crippen LogP contribution in [0.4, 0.5) is 5.69 Å². The van der Waals surface area contributed by atoms with Crippen LogP contribution in [0.25, 0.3) is 22.2 Å². The predicted octanol–water partition coefficient (Wildman–Crippen LogP) is 5.36. The molecule has 1 aliphatic carbocycles. The molecule has 2 aromatic carbocycles. The smallest absolute Gasteiger partial charge is 0.240 e. The zero-order chi connectivity index (χ0) is 22.1. The maximum Gasteiger partial charge on any atom is 0.240 e. The van der Waals surface area contributed by atoms with Crippen molar-refractivity contribution in [1.82, 2.24) is 19.7 Å². The lowest BCUT2D eigenvalue weighted by atomic mass is 10.1. The second-order valence-corrected chi connectivity index (χ2v) is 9.30. The molecule has 0 radical (unpaired) electrons. The maximum absolute atomic E-state index is 13.5. The van der Waals surface area contributed by atoms with Crippen molar-refractivity contribution in [3.63, 3.8) is 0 Å². The molecule has 7 heteroatoms. The highest BCUT2D eigenvalue weighted by Crippen LogP contribution is 2.42. The molecule has 32 heavy (non-hydrogen) atoms. The first kappa shape index (κ1) is 20.7. The van der Waals surface area contributed by atoms with Gasteiger partial charge in [-0.15, -0.1) is 10.2 Å². The Morgan fingerprint density at radius 3 is 2.69 bits per heavy atom. The third-order valence-corrected chi connectivity index (χ3v) is 6.81. The van der Waals surface area contributed by atoms with Gasteiger partial charge in [-0.2, -0.15) is 0 Å². The molecule has 0 bridgehead atoms. The average Bonchev–Trinajstić information content (AvgIpc) is 3.59. The zero-order valence-electron chi connectivity index (χ0n) is 18.2. The van der Waals surface area contributed by atoms with Gasteiger partial charge in [0.2, 0.25) is 5.91 Å². The highest BCUT2D eigenvalue weighted by Gasteiger charge is 2.32. The largest absolute Gasteiger partial charge is 0.311 e. The van der Waals surface area contributed by atoms with Crippen molar-refractivity contribution in [2.45, 2.75) is 43.1 Å². The summed E-state index contributed by atoms with van der Waals surface area (Å²) < 4.78 is 2.18. The molecule has 1 atom stereocenters. The Morgan fingerprint density at radius 2 is 1.94 bits per heavy atom. The monoisotopic (exact) mass is 443 g/mol. The summed E-state index contributed by atoms with van der Waals surface area (Å²) >= 11 is 1.48. The first-order chi connectivity index (χ1) is 15.7. The fraction of sp³-hybridized carbons (Fsp3) is 0.280. The van der Waals surface area contributed by atoms with E-state index in [1.807, 2.05) is 61.3 Å². The van der Waals surface area contributed by atoms with Gasteiger partial charge in [0.15, 0.2) is 11.0 Å². The molecule has 6 nitrogen and oxygen atoms in total. The first-order valence-electron chi connectivity index (χ1n) is 11.0. The number of pyridine rings is 1. The van der Waals surface area contributed by atoms with Crippen LogP contribution in [-0.4, -0.2) is 37.5 Å². The molecule has 1 fully saturated rings. The Morgan fingerprint density at radius 1 is 1.12 bits per heavy atom. The van der Waals surface area contributed by atoms with E-state index in [0.29, 0.717) is 12.6 Å². The number of nitrogens with zero attached hydrogens (tertiary/aromatic N) is 5. The van der Waals surface area contributed by atoms with Gasteiger partial charge in [0.05, 0.1) is 10.9 Å². The summed E-state index contributed by atoms with van der Waals surface area (Å²) in [6, 6.07) is 18.6. The Bertz CT molecular complexity index is 1250. The fourth-order valence-corrected chi connectivity index (χ4v) is 5.01. The van der Waals surface area contributed by atoms with Gasteiger partial charge in [-0.25, -0.2) is 0 Å². The van der Waals surface area contributed by atoms with E-state index in [1.54, 1.807) is 6.20 Å². The van der Waals surface area contributed by atoms with Crippen molar-refractivity contribution in [2.75, 3.05) is 11.4 Å². The SMILES string of the molecule is CCN(C(=O)[C@H](C)Sc1nnc(-c2cccnc2)n1C1CC1)c1cccc2ccccc12. The molecular weight excluding hydrogens is 418 g/mol. The molecule has 1 saturated carbocycles. The van der Waals surface area contributed by atoms with Crippen LogP contribution >= 0.6 is 11.8 Å². The first-order valence-corrected chi connectivity index (χ1v) is 11.9. The van der Waals surface area contributed by atoms with Crippen molar-refractivity contribution < 1.29 is 4.79 Å². The van der Waals surface area contributed by atoms with Crippen LogP contribution in [0.5, 0.6) is 0 Å². The number of anilines is 1. The highest BCUT2D eigenvalue weighted by molar-refractivity contribution is 8.00. The number of rotatable bonds is 7. The van der Waals surface area contributed by atoms with Crippen LogP contribution in [0.2, 0.25) is 0 Å². The fourth-order valence-electron chi connectivity index (χ4n) is 4.03. The van der Waals surface area contributed by atoms with Gasteiger partial charge in [-0.3, -0.25) is 14.3 Å². The van der Waals surface area contributed by atoms with Crippen molar-refractivity contribution in [2.24, 2.45) is 0 Å². The van der Waals surface area contributed by atoms with Crippen LogP contribution < -0.4 is 4.90 Å². The number of thioether (sulfide) groups is 1. The summed E-state index contributed by atoms with van der Waals surface area (Å²) in [5.74, 6) is 0.895. The molecule has 0 aliphatic heterocycles. The van der Waals surface area contributed by atoms with Gasteiger partial charge in [0.1, 0.15) is 0 Å². The number of carbonyl (C=O) groups excluding carboxylic acids is 1. The van der Waals surface area contributed by atoms with E-state index in [1.165, 1.54) is 11.8 Å². The lowest BCUT2D eigenvalue weighted by molar-refractivity contribution is -0.117. The molecule has 2 aromatic heterocycles. The van der Waals surface area contributed by atoms with Gasteiger partial charge in [0.25, 0.3) is 0 Å². The molecule has 1 amide bonds. The minimum atomic E-state index is -0.294. The summed E-state index contributed by atoms with van der Waals surface area (Å²) in [5, 5.41) is 11.6. The van der Waals surface area contributed by atoms with Crippen LogP contribution in [0.3, 0.4) is 0 Å². The molecule has 2 heterocycles. The van der Waals surface area contributed by atoms with E-state index in [0.717, 1.165) is 45.8 Å². The number of fused-ring (bicyclic) bond motifs is 1. The van der Waals surface area contributed by atoms with E-state index in [-0.39, 0.29) is 11.2 Å². The van der Waals surface area contributed by atoms with Crippen molar-refractivity contribution in [3.05, 3.63) is 67.0 Å². The van der Waals surface area contributed by atoms with Crippen molar-refractivity contribution in [3.8, 4) is 11.4 Å². The Kier molecular flexibility index (Phi) is 5.66. The Labute approximate surface area is 191 Å². The Balaban J connectivity index is 1.43. The van der Waals surface area contributed by atoms with Gasteiger partial charge < -0.3 is 4.90 Å².